The molecule has 1 aliphatic heterocycles. The largest absolute Gasteiger partial charge is 0.463 e. The summed E-state index contributed by atoms with van der Waals surface area (Å²) in [7, 11) is 0. The average molecular weight is 732 g/mol. The lowest BCUT2D eigenvalue weighted by Crippen LogP contribution is -2.47. The Morgan fingerprint density at radius 3 is 2.00 bits per heavy atom. The molecule has 12 nitrogen and oxygen atoms in total. The number of para-hydroxylation sites is 1. The molecular weight excluding hydrogens is 683 g/mol. The van der Waals surface area contributed by atoms with Gasteiger partial charge in [-0.2, -0.15) is 0 Å². The number of nitrogens with two attached hydrogens (primary N) is 1. The highest BCUT2D eigenvalue weighted by Crippen LogP contribution is 2.29. The lowest BCUT2D eigenvalue weighted by molar-refractivity contribution is -0.153. The van der Waals surface area contributed by atoms with Crippen LogP contribution in [0, 0.1) is 0 Å². The number of anilines is 2. The van der Waals surface area contributed by atoms with Crippen molar-refractivity contribution in [3.8, 4) is 0 Å². The van der Waals surface area contributed by atoms with E-state index < -0.39 is 24.2 Å². The number of primary amides is 1. The molecule has 3 N–H and O–H groups in total. The third-order valence-electron chi connectivity index (χ3n) is 8.31. The van der Waals surface area contributed by atoms with E-state index in [1.807, 2.05) is 50.2 Å². The molecule has 3 heterocycles. The van der Waals surface area contributed by atoms with Gasteiger partial charge in [0.15, 0.2) is 23.2 Å². The Hall–Kier alpha value is -6.40. The molecule has 0 aliphatic carbocycles. The molecule has 1 fully saturated rings. The monoisotopic (exact) mass is 731 g/mol. The number of morpholine rings is 1. The van der Waals surface area contributed by atoms with Gasteiger partial charge < -0.3 is 25.4 Å². The van der Waals surface area contributed by atoms with Crippen LogP contribution in [0.1, 0.15) is 57.3 Å². The van der Waals surface area contributed by atoms with Crippen molar-refractivity contribution in [1.29, 1.82) is 0 Å². The first-order valence-electron chi connectivity index (χ1n) is 17.9. The maximum atomic E-state index is 12.7. The number of ether oxygens (including phenoxy) is 2. The van der Waals surface area contributed by atoms with E-state index in [2.05, 4.69) is 85.8 Å². The number of hydrogen-bond acceptors (Lipinski definition) is 9. The van der Waals surface area contributed by atoms with E-state index in [4.69, 9.17) is 15.2 Å². The van der Waals surface area contributed by atoms with Crippen LogP contribution in [0.4, 0.5) is 11.5 Å². The van der Waals surface area contributed by atoms with Gasteiger partial charge in [-0.1, -0.05) is 111 Å². The van der Waals surface area contributed by atoms with Crippen LogP contribution in [0.2, 0.25) is 0 Å². The van der Waals surface area contributed by atoms with Crippen LogP contribution in [0.5, 0.6) is 0 Å². The van der Waals surface area contributed by atoms with E-state index in [0.717, 1.165) is 12.1 Å². The van der Waals surface area contributed by atoms with Gasteiger partial charge >= 0.3 is 5.97 Å². The van der Waals surface area contributed by atoms with Crippen molar-refractivity contribution in [1.82, 2.24) is 19.5 Å². The number of benzene rings is 4. The number of aromatic nitrogens is 4. The van der Waals surface area contributed by atoms with Crippen LogP contribution in [0.3, 0.4) is 0 Å². The van der Waals surface area contributed by atoms with Gasteiger partial charge in [0, 0.05) is 27.1 Å². The zero-order valence-electron chi connectivity index (χ0n) is 30.5. The van der Waals surface area contributed by atoms with Crippen molar-refractivity contribution < 1.29 is 26.7 Å². The summed E-state index contributed by atoms with van der Waals surface area (Å²) in [4.78, 5) is 51.0. The Kier molecular flexibility index (Phi) is 14.4. The predicted octanol–water partition coefficient (Wildman–Crippen LogP) is 7.09. The molecule has 7 rings (SSSR count). The topological polar surface area (TPSA) is 155 Å². The number of fused-ring (bicyclic) bond motifs is 1. The molecule has 1 aliphatic rings. The molecule has 0 unspecified atom stereocenters. The second kappa shape index (κ2) is 20.0. The van der Waals surface area contributed by atoms with Crippen molar-refractivity contribution in [3.05, 3.63) is 151 Å². The van der Waals surface area contributed by atoms with Crippen LogP contribution < -0.4 is 16.0 Å². The minimum Gasteiger partial charge on any atom is -0.463 e. The first-order valence-corrected chi connectivity index (χ1v) is 17.9. The fraction of sp³-hybridized carbons (Fsp3) is 0.238. The molecule has 0 radical (unpaired) electrons. The molecule has 2 atom stereocenters. The summed E-state index contributed by atoms with van der Waals surface area (Å²) in [5.41, 5.74) is 10.2. The van der Waals surface area contributed by atoms with Gasteiger partial charge in [-0.15, -0.1) is 0 Å². The number of carbonyl (C=O) groups excluding carboxylic acids is 3. The first kappa shape index (κ1) is 38.8. The molecule has 282 valence electrons. The number of nitrogens with zero attached hydrogens (tertiary/aromatic N) is 5. The van der Waals surface area contributed by atoms with Gasteiger partial charge in [0.05, 0.1) is 19.3 Å². The molecule has 4 aromatic carbocycles. The number of amides is 2. The summed E-state index contributed by atoms with van der Waals surface area (Å²) in [5, 5.41) is 2.81. The molecule has 12 heteroatoms. The number of carbonyl (C=O) groups is 3. The number of esters is 1. The smallest absolute Gasteiger partial charge is 0.306 e. The molecule has 2 aromatic heterocycles. The zero-order chi connectivity index (χ0) is 38.1. The van der Waals surface area contributed by atoms with Gasteiger partial charge in [0.25, 0.3) is 5.91 Å². The molecule has 0 saturated carbocycles. The van der Waals surface area contributed by atoms with E-state index in [-0.39, 0.29) is 34.0 Å². The second-order valence-electron chi connectivity index (χ2n) is 12.1. The predicted molar refractivity (Wildman–Crippen MR) is 213 cm³/mol. The first-order chi connectivity index (χ1) is 26.4. The third-order valence-corrected chi connectivity index (χ3v) is 8.31. The van der Waals surface area contributed by atoms with E-state index >= 15 is 0 Å². The minimum atomic E-state index is -0.565. The summed E-state index contributed by atoms with van der Waals surface area (Å²) in [6, 6.07) is 39.7. The van der Waals surface area contributed by atoms with Crippen molar-refractivity contribution >= 4 is 40.5 Å². The molecular formula is C42H49N7O5. The number of hydrogen-bond donors (Lipinski definition) is 2. The van der Waals surface area contributed by atoms with Gasteiger partial charge in [-0.05, 0) is 41.8 Å². The van der Waals surface area contributed by atoms with E-state index in [1.165, 1.54) is 17.5 Å². The van der Waals surface area contributed by atoms with E-state index in [0.29, 0.717) is 29.8 Å². The minimum absolute atomic E-state index is 0. The lowest BCUT2D eigenvalue weighted by Gasteiger charge is -2.39. The Morgan fingerprint density at radius 1 is 0.796 bits per heavy atom. The summed E-state index contributed by atoms with van der Waals surface area (Å²) >= 11 is 0. The van der Waals surface area contributed by atoms with Crippen molar-refractivity contribution in [2.45, 2.75) is 45.4 Å². The third kappa shape index (κ3) is 11.1. The summed E-state index contributed by atoms with van der Waals surface area (Å²) in [6.45, 7) is 4.94. The maximum absolute atomic E-state index is 12.7. The maximum Gasteiger partial charge on any atom is 0.306 e. The number of imidazole rings is 1. The summed E-state index contributed by atoms with van der Waals surface area (Å²) in [6.07, 6.45) is 2.80. The molecule has 54 heavy (non-hydrogen) atoms. The van der Waals surface area contributed by atoms with Gasteiger partial charge in [-0.3, -0.25) is 19.0 Å². The molecule has 6 aromatic rings. The fourth-order valence-electron chi connectivity index (χ4n) is 5.75. The van der Waals surface area contributed by atoms with Crippen molar-refractivity contribution in [3.63, 3.8) is 0 Å². The number of rotatable bonds is 11. The Bertz CT molecular complexity index is 2040. The summed E-state index contributed by atoms with van der Waals surface area (Å²) in [5.74, 6) is -1.12. The Labute approximate surface area is 318 Å². The molecule has 1 saturated heterocycles. The highest BCUT2D eigenvalue weighted by molar-refractivity contribution is 6.06. The van der Waals surface area contributed by atoms with Gasteiger partial charge in [0.1, 0.15) is 19.0 Å². The fourth-order valence-corrected chi connectivity index (χ4v) is 5.75. The van der Waals surface area contributed by atoms with Crippen LogP contribution in [-0.2, 0) is 25.5 Å². The average Bonchev–Trinajstić information content (AvgIpc) is 3.67. The van der Waals surface area contributed by atoms with E-state index in [9.17, 15) is 14.4 Å². The lowest BCUT2D eigenvalue weighted by atomic mass is 10.1. The quantitative estimate of drug-likeness (QED) is 0.133. The van der Waals surface area contributed by atoms with Gasteiger partial charge in [-0.25, -0.2) is 15.0 Å². The highest BCUT2D eigenvalue weighted by Gasteiger charge is 2.31. The summed E-state index contributed by atoms with van der Waals surface area (Å²) < 4.78 is 13.5. The molecule has 2 amide bonds. The Morgan fingerprint density at radius 2 is 1.39 bits per heavy atom. The second-order valence-corrected chi connectivity index (χ2v) is 12.1. The van der Waals surface area contributed by atoms with Crippen molar-refractivity contribution in [2.24, 2.45) is 5.73 Å². The standard InChI is InChI=1S/C27H27N7O5.C13H12.C2H6.2H2/c28-21(35)11-12-23(36)38-15-20-13-33(19-9-5-2-6-10-19)14-22(39-20)34-17-31-24-25(29-16-30-26(24)34)32-27(37)18-7-3-1-4-8-18;1-3-7-12(8-4-1)11-13-9-5-2-6-10-13;1-2;;/h1-10,16-17,20,22H,11-15H2,(H2,28,35)(H,29,30,32,37);1-10H,11H2;1-2H3;2*1H/t20-,22+;;;;/m0..../s1. The highest BCUT2D eigenvalue weighted by atomic mass is 16.6. The van der Waals surface area contributed by atoms with Crippen LogP contribution in [0.15, 0.2) is 134 Å². The van der Waals surface area contributed by atoms with Gasteiger partial charge in [0.2, 0.25) is 5.91 Å². The Balaban J connectivity index is 0.000000417. The SMILES string of the molecule is CC.NC(=O)CCC(=O)OC[C@@H]1CN(c2ccccc2)C[C@H](n2cnc3c(NC(=O)c4ccccc4)ncnc32)O1.[HH].[HH].c1ccc(Cc2ccccc2)cc1. The van der Waals surface area contributed by atoms with Crippen LogP contribution in [0.25, 0.3) is 11.2 Å². The van der Waals surface area contributed by atoms with Crippen molar-refractivity contribution in [2.75, 3.05) is 29.9 Å². The normalized spacial score (nSPS) is 14.8. The van der Waals surface area contributed by atoms with Crippen LogP contribution in [-0.4, -0.2) is 63.1 Å². The van der Waals surface area contributed by atoms with Crippen LogP contribution >= 0.6 is 0 Å². The molecule has 0 spiro atoms. The van der Waals surface area contributed by atoms with E-state index in [1.54, 1.807) is 35.2 Å². The zero-order valence-corrected chi connectivity index (χ0v) is 30.5. The number of nitrogens with one attached hydrogen (secondary N) is 1. The molecule has 0 bridgehead atoms.